The zero-order valence-electron chi connectivity index (χ0n) is 9.70. The molecular weight excluding hydrogens is 184 g/mol. The molecule has 1 aromatic carbocycles. The lowest BCUT2D eigenvalue weighted by atomic mass is 9.91. The van der Waals surface area contributed by atoms with Crippen LogP contribution in [0.5, 0.6) is 0 Å². The number of unbranched alkanes of at least 4 members (excludes halogenated alkanes) is 1. The summed E-state index contributed by atoms with van der Waals surface area (Å²) in [5, 5.41) is 0. The van der Waals surface area contributed by atoms with Gasteiger partial charge in [-0.15, -0.1) is 0 Å². The highest BCUT2D eigenvalue weighted by Gasteiger charge is 2.13. The van der Waals surface area contributed by atoms with Crippen molar-refractivity contribution in [1.82, 2.24) is 0 Å². The van der Waals surface area contributed by atoms with Crippen molar-refractivity contribution in [3.05, 3.63) is 35.9 Å². The number of hydrogen-bond acceptors (Lipinski definition) is 1. The second-order valence-corrected chi connectivity index (χ2v) is 4.14. The van der Waals surface area contributed by atoms with Crippen LogP contribution in [0.2, 0.25) is 0 Å². The lowest BCUT2D eigenvalue weighted by Crippen LogP contribution is -2.13. The van der Waals surface area contributed by atoms with Crippen molar-refractivity contribution in [3.63, 3.8) is 0 Å². The van der Waals surface area contributed by atoms with Crippen LogP contribution in [0.1, 0.15) is 38.7 Å². The second-order valence-electron chi connectivity index (χ2n) is 4.14. The summed E-state index contributed by atoms with van der Waals surface area (Å²) in [6, 6.07) is 10.3. The Morgan fingerprint density at radius 1 is 1.27 bits per heavy atom. The molecule has 0 N–H and O–H groups in total. The van der Waals surface area contributed by atoms with Crippen molar-refractivity contribution in [2.24, 2.45) is 5.92 Å². The summed E-state index contributed by atoms with van der Waals surface area (Å²) in [7, 11) is 0. The van der Waals surface area contributed by atoms with Gasteiger partial charge in [-0.05, 0) is 25.3 Å². The van der Waals surface area contributed by atoms with Crippen LogP contribution in [0, 0.1) is 5.92 Å². The fraction of sp³-hybridized carbons (Fsp3) is 0.500. The molecule has 0 fully saturated rings. The average molecular weight is 204 g/mol. The molecule has 1 aromatic rings. The molecule has 15 heavy (non-hydrogen) atoms. The minimum atomic E-state index is 0.215. The molecule has 0 aliphatic rings. The van der Waals surface area contributed by atoms with Gasteiger partial charge < -0.3 is 0 Å². The lowest BCUT2D eigenvalue weighted by molar-refractivity contribution is -0.120. The summed E-state index contributed by atoms with van der Waals surface area (Å²) in [6.45, 7) is 3.88. The fourth-order valence-electron chi connectivity index (χ4n) is 1.80. The van der Waals surface area contributed by atoms with Gasteiger partial charge in [0.05, 0.1) is 0 Å². The summed E-state index contributed by atoms with van der Waals surface area (Å²) in [5.74, 6) is 0.541. The maximum atomic E-state index is 11.5. The van der Waals surface area contributed by atoms with Crippen molar-refractivity contribution >= 4 is 5.78 Å². The van der Waals surface area contributed by atoms with Crippen molar-refractivity contribution < 1.29 is 4.79 Å². The highest BCUT2D eigenvalue weighted by Crippen LogP contribution is 2.16. The van der Waals surface area contributed by atoms with Crippen LogP contribution in [-0.4, -0.2) is 5.78 Å². The van der Waals surface area contributed by atoms with E-state index in [2.05, 4.69) is 19.1 Å². The molecule has 1 nitrogen and oxygen atoms in total. The van der Waals surface area contributed by atoms with Crippen LogP contribution >= 0.6 is 0 Å². The van der Waals surface area contributed by atoms with E-state index in [0.717, 1.165) is 19.3 Å². The van der Waals surface area contributed by atoms with Crippen LogP contribution in [0.4, 0.5) is 0 Å². The van der Waals surface area contributed by atoms with Gasteiger partial charge in [-0.2, -0.15) is 0 Å². The summed E-state index contributed by atoms with van der Waals surface area (Å²) < 4.78 is 0. The molecule has 0 aliphatic heterocycles. The summed E-state index contributed by atoms with van der Waals surface area (Å²) in [6.07, 6.45) is 4.24. The van der Waals surface area contributed by atoms with Gasteiger partial charge in [-0.3, -0.25) is 4.79 Å². The van der Waals surface area contributed by atoms with E-state index in [1.807, 2.05) is 18.2 Å². The van der Waals surface area contributed by atoms with Crippen LogP contribution in [0.25, 0.3) is 0 Å². The van der Waals surface area contributed by atoms with E-state index in [9.17, 15) is 4.79 Å². The van der Waals surface area contributed by atoms with E-state index in [-0.39, 0.29) is 5.92 Å². The standard InChI is InChI=1S/C14H20O/c1-3-4-10-14(12(2)15)11-13-8-6-5-7-9-13/h5-9,14H,3-4,10-11H2,1-2H3/t14-/m1/s1. The molecule has 0 spiro atoms. The molecular formula is C14H20O. The van der Waals surface area contributed by atoms with Gasteiger partial charge in [0.2, 0.25) is 0 Å². The number of ketones is 1. The van der Waals surface area contributed by atoms with Gasteiger partial charge in [0, 0.05) is 5.92 Å². The number of rotatable bonds is 6. The minimum Gasteiger partial charge on any atom is -0.300 e. The third-order valence-electron chi connectivity index (χ3n) is 2.81. The molecule has 1 heteroatoms. The predicted molar refractivity (Wildman–Crippen MR) is 63.8 cm³/mol. The number of benzene rings is 1. The van der Waals surface area contributed by atoms with Crippen molar-refractivity contribution in [2.45, 2.75) is 39.5 Å². The van der Waals surface area contributed by atoms with Gasteiger partial charge in [0.15, 0.2) is 0 Å². The topological polar surface area (TPSA) is 17.1 Å². The Kier molecular flexibility index (Phi) is 5.09. The molecule has 0 bridgehead atoms. The van der Waals surface area contributed by atoms with E-state index < -0.39 is 0 Å². The van der Waals surface area contributed by atoms with Crippen LogP contribution in [0.15, 0.2) is 30.3 Å². The maximum Gasteiger partial charge on any atom is 0.133 e. The first-order valence-electron chi connectivity index (χ1n) is 5.78. The molecule has 1 rings (SSSR count). The van der Waals surface area contributed by atoms with Crippen LogP contribution < -0.4 is 0 Å². The van der Waals surface area contributed by atoms with Crippen molar-refractivity contribution in [2.75, 3.05) is 0 Å². The highest BCUT2D eigenvalue weighted by atomic mass is 16.1. The van der Waals surface area contributed by atoms with Gasteiger partial charge in [-0.25, -0.2) is 0 Å². The Hall–Kier alpha value is -1.11. The molecule has 0 unspecified atom stereocenters. The van der Waals surface area contributed by atoms with E-state index >= 15 is 0 Å². The van der Waals surface area contributed by atoms with Crippen molar-refractivity contribution in [3.8, 4) is 0 Å². The molecule has 0 aliphatic carbocycles. The number of Topliss-reactive ketones (excluding diaryl/α,β-unsaturated/α-hetero) is 1. The zero-order valence-corrected chi connectivity index (χ0v) is 9.70. The Bertz CT molecular complexity index is 289. The Balaban J connectivity index is 2.55. The third kappa shape index (κ3) is 4.28. The maximum absolute atomic E-state index is 11.5. The quantitative estimate of drug-likeness (QED) is 0.691. The number of hydrogen-bond donors (Lipinski definition) is 0. The molecule has 0 amide bonds. The van der Waals surface area contributed by atoms with Crippen LogP contribution in [0.3, 0.4) is 0 Å². The third-order valence-corrected chi connectivity index (χ3v) is 2.81. The van der Waals surface area contributed by atoms with Crippen molar-refractivity contribution in [1.29, 1.82) is 0 Å². The van der Waals surface area contributed by atoms with E-state index in [0.29, 0.717) is 5.78 Å². The predicted octanol–water partition coefficient (Wildman–Crippen LogP) is 3.62. The number of carbonyl (C=O) groups is 1. The first kappa shape index (κ1) is 12.0. The molecule has 0 aromatic heterocycles. The average Bonchev–Trinajstić information content (AvgIpc) is 2.25. The van der Waals surface area contributed by atoms with Gasteiger partial charge in [0.1, 0.15) is 5.78 Å². The van der Waals surface area contributed by atoms with Crippen LogP contribution in [-0.2, 0) is 11.2 Å². The summed E-state index contributed by atoms with van der Waals surface area (Å²) in [5.41, 5.74) is 1.27. The Morgan fingerprint density at radius 2 is 1.93 bits per heavy atom. The SMILES string of the molecule is CCCC[C@H](Cc1ccccc1)C(C)=O. The second kappa shape index (κ2) is 6.39. The lowest BCUT2D eigenvalue weighted by Gasteiger charge is -2.12. The molecule has 82 valence electrons. The largest absolute Gasteiger partial charge is 0.300 e. The highest BCUT2D eigenvalue weighted by molar-refractivity contribution is 5.78. The monoisotopic (exact) mass is 204 g/mol. The molecule has 0 radical (unpaired) electrons. The molecule has 0 saturated carbocycles. The summed E-state index contributed by atoms with van der Waals surface area (Å²) in [4.78, 5) is 11.5. The first-order valence-corrected chi connectivity index (χ1v) is 5.78. The van der Waals surface area contributed by atoms with E-state index in [1.165, 1.54) is 12.0 Å². The molecule has 0 heterocycles. The van der Waals surface area contributed by atoms with E-state index in [1.54, 1.807) is 6.92 Å². The minimum absolute atomic E-state index is 0.215. The Labute approximate surface area is 92.5 Å². The molecule has 1 atom stereocenters. The van der Waals surface area contributed by atoms with Gasteiger partial charge >= 0.3 is 0 Å². The first-order chi connectivity index (χ1) is 7.24. The smallest absolute Gasteiger partial charge is 0.133 e. The number of carbonyl (C=O) groups excluding carboxylic acids is 1. The van der Waals surface area contributed by atoms with Gasteiger partial charge in [-0.1, -0.05) is 50.1 Å². The zero-order chi connectivity index (χ0) is 11.1. The van der Waals surface area contributed by atoms with Gasteiger partial charge in [0.25, 0.3) is 0 Å². The van der Waals surface area contributed by atoms with E-state index in [4.69, 9.17) is 0 Å². The summed E-state index contributed by atoms with van der Waals surface area (Å²) >= 11 is 0. The molecule has 0 saturated heterocycles. The Morgan fingerprint density at radius 3 is 2.47 bits per heavy atom. The fourth-order valence-corrected chi connectivity index (χ4v) is 1.80. The normalized spacial score (nSPS) is 12.4.